The van der Waals surface area contributed by atoms with Crippen molar-refractivity contribution in [1.82, 2.24) is 4.90 Å². The lowest BCUT2D eigenvalue weighted by atomic mass is 9.91. The third-order valence-electron chi connectivity index (χ3n) is 4.70. The van der Waals surface area contributed by atoms with Crippen molar-refractivity contribution >= 4 is 11.9 Å². The van der Waals surface area contributed by atoms with Crippen molar-refractivity contribution in [2.24, 2.45) is 5.92 Å². The van der Waals surface area contributed by atoms with E-state index in [-0.39, 0.29) is 18.3 Å². The number of nitrogens with zero attached hydrogens (tertiary/aromatic N) is 1. The van der Waals surface area contributed by atoms with Gasteiger partial charge in [0.25, 0.3) is 0 Å². The summed E-state index contributed by atoms with van der Waals surface area (Å²) in [5.41, 5.74) is 0.778. The highest BCUT2D eigenvalue weighted by Crippen LogP contribution is 2.23. The molecular weight excluding hydrogens is 328 g/mol. The van der Waals surface area contributed by atoms with E-state index in [9.17, 15) is 18.4 Å². The van der Waals surface area contributed by atoms with E-state index in [0.717, 1.165) is 37.4 Å². The quantitative estimate of drug-likeness (QED) is 0.705. The molecule has 0 N–H and O–H groups in total. The van der Waals surface area contributed by atoms with Crippen LogP contribution in [-0.2, 0) is 20.7 Å². The van der Waals surface area contributed by atoms with Crippen molar-refractivity contribution < 1.29 is 23.1 Å². The zero-order valence-corrected chi connectivity index (χ0v) is 14.6. The highest BCUT2D eigenvalue weighted by atomic mass is 19.2. The van der Waals surface area contributed by atoms with Crippen LogP contribution in [0.2, 0.25) is 0 Å². The number of piperidine rings is 1. The first kappa shape index (κ1) is 19.3. The first-order chi connectivity index (χ1) is 12.0. The summed E-state index contributed by atoms with van der Waals surface area (Å²) in [6.07, 6.45) is 4.62. The Morgan fingerprint density at radius 1 is 1.24 bits per heavy atom. The summed E-state index contributed by atoms with van der Waals surface area (Å²) >= 11 is 0. The molecule has 1 amide bonds. The number of carbonyl (C=O) groups excluding carboxylic acids is 2. The van der Waals surface area contributed by atoms with Crippen LogP contribution in [0.15, 0.2) is 18.2 Å². The summed E-state index contributed by atoms with van der Waals surface area (Å²) in [5.74, 6) is -1.50. The standard InChI is InChI=1S/C19H25F2NO3/c1-25-19(24)6-2-5-18(23)22-11-3-4-15(13-22)8-7-14-9-10-16(20)17(21)12-14/h9-10,12,15H,2-8,11,13H2,1H3/t15-/m1/s1. The Hall–Kier alpha value is -1.98. The van der Waals surface area contributed by atoms with Gasteiger partial charge in [-0.2, -0.15) is 0 Å². The number of methoxy groups -OCH3 is 1. The van der Waals surface area contributed by atoms with Gasteiger partial charge in [0, 0.05) is 25.9 Å². The molecule has 0 unspecified atom stereocenters. The Morgan fingerprint density at radius 2 is 2.04 bits per heavy atom. The topological polar surface area (TPSA) is 46.6 Å². The van der Waals surface area contributed by atoms with Crippen LogP contribution >= 0.6 is 0 Å². The van der Waals surface area contributed by atoms with E-state index in [1.807, 2.05) is 4.90 Å². The maximum Gasteiger partial charge on any atom is 0.305 e. The van der Waals surface area contributed by atoms with Gasteiger partial charge < -0.3 is 9.64 Å². The summed E-state index contributed by atoms with van der Waals surface area (Å²) in [7, 11) is 1.34. The van der Waals surface area contributed by atoms with Crippen molar-refractivity contribution in [3.63, 3.8) is 0 Å². The number of amides is 1. The smallest absolute Gasteiger partial charge is 0.305 e. The summed E-state index contributed by atoms with van der Waals surface area (Å²) in [6.45, 7) is 1.44. The van der Waals surface area contributed by atoms with E-state index >= 15 is 0 Å². The summed E-state index contributed by atoms with van der Waals surface area (Å²) in [4.78, 5) is 25.2. The second-order valence-electron chi connectivity index (χ2n) is 6.56. The Labute approximate surface area is 147 Å². The fourth-order valence-electron chi connectivity index (χ4n) is 3.24. The van der Waals surface area contributed by atoms with Gasteiger partial charge in [0.05, 0.1) is 7.11 Å². The molecule has 0 radical (unpaired) electrons. The molecule has 1 saturated heterocycles. The van der Waals surface area contributed by atoms with E-state index in [0.29, 0.717) is 31.7 Å². The first-order valence-electron chi connectivity index (χ1n) is 8.78. The van der Waals surface area contributed by atoms with Gasteiger partial charge >= 0.3 is 5.97 Å². The monoisotopic (exact) mass is 353 g/mol. The zero-order chi connectivity index (χ0) is 18.2. The molecule has 1 fully saturated rings. The predicted molar refractivity (Wildman–Crippen MR) is 89.9 cm³/mol. The molecule has 1 aliphatic rings. The van der Waals surface area contributed by atoms with E-state index in [1.165, 1.54) is 13.2 Å². The van der Waals surface area contributed by atoms with Crippen molar-refractivity contribution in [3.05, 3.63) is 35.4 Å². The number of esters is 1. The van der Waals surface area contributed by atoms with Gasteiger partial charge in [-0.3, -0.25) is 9.59 Å². The highest BCUT2D eigenvalue weighted by molar-refractivity contribution is 5.77. The van der Waals surface area contributed by atoms with Crippen LogP contribution in [0.4, 0.5) is 8.78 Å². The minimum absolute atomic E-state index is 0.0708. The lowest BCUT2D eigenvalue weighted by Gasteiger charge is -2.33. The fraction of sp³-hybridized carbons (Fsp3) is 0.579. The number of halogens is 2. The van der Waals surface area contributed by atoms with Crippen LogP contribution in [0.25, 0.3) is 0 Å². The van der Waals surface area contributed by atoms with Crippen LogP contribution < -0.4 is 0 Å². The average Bonchev–Trinajstić information content (AvgIpc) is 2.62. The predicted octanol–water partition coefficient (Wildman–Crippen LogP) is 3.48. The van der Waals surface area contributed by atoms with Crippen molar-refractivity contribution in [1.29, 1.82) is 0 Å². The van der Waals surface area contributed by atoms with Crippen LogP contribution in [0, 0.1) is 17.6 Å². The van der Waals surface area contributed by atoms with Gasteiger partial charge in [-0.1, -0.05) is 6.07 Å². The molecule has 25 heavy (non-hydrogen) atoms. The van der Waals surface area contributed by atoms with Crippen LogP contribution in [0.1, 0.15) is 44.1 Å². The molecule has 1 aromatic rings. The molecule has 0 bridgehead atoms. The van der Waals surface area contributed by atoms with Crippen molar-refractivity contribution in [2.75, 3.05) is 20.2 Å². The number of likely N-dealkylation sites (tertiary alicyclic amines) is 1. The molecular formula is C19H25F2NO3. The molecule has 1 heterocycles. The Balaban J connectivity index is 1.76. The lowest BCUT2D eigenvalue weighted by molar-refractivity contribution is -0.141. The molecule has 1 aromatic carbocycles. The first-order valence-corrected chi connectivity index (χ1v) is 8.78. The molecule has 138 valence electrons. The third-order valence-corrected chi connectivity index (χ3v) is 4.70. The van der Waals surface area contributed by atoms with Gasteiger partial charge in [0.15, 0.2) is 11.6 Å². The largest absolute Gasteiger partial charge is 0.469 e. The maximum atomic E-state index is 13.3. The normalized spacial score (nSPS) is 17.4. The van der Waals surface area contributed by atoms with E-state index in [4.69, 9.17) is 0 Å². The number of rotatable bonds is 7. The molecule has 0 spiro atoms. The fourth-order valence-corrected chi connectivity index (χ4v) is 3.24. The average molecular weight is 353 g/mol. The van der Waals surface area contributed by atoms with E-state index in [2.05, 4.69) is 4.74 Å². The Bertz CT molecular complexity index is 606. The van der Waals surface area contributed by atoms with Crippen LogP contribution in [0.3, 0.4) is 0 Å². The molecule has 0 aliphatic carbocycles. The van der Waals surface area contributed by atoms with Crippen molar-refractivity contribution in [2.45, 2.75) is 44.9 Å². The second kappa shape index (κ2) is 9.49. The second-order valence-corrected chi connectivity index (χ2v) is 6.56. The number of aryl methyl sites for hydroxylation is 1. The third kappa shape index (κ3) is 6.11. The van der Waals surface area contributed by atoms with Gasteiger partial charge in [0.1, 0.15) is 0 Å². The SMILES string of the molecule is COC(=O)CCCC(=O)N1CCC[C@H](CCc2ccc(F)c(F)c2)C1. The minimum Gasteiger partial charge on any atom is -0.469 e. The summed E-state index contributed by atoms with van der Waals surface area (Å²) in [6, 6.07) is 4.01. The van der Waals surface area contributed by atoms with Gasteiger partial charge in [-0.15, -0.1) is 0 Å². The van der Waals surface area contributed by atoms with Crippen LogP contribution in [-0.4, -0.2) is 37.0 Å². The maximum absolute atomic E-state index is 13.3. The number of hydrogen-bond acceptors (Lipinski definition) is 3. The number of ether oxygens (including phenoxy) is 1. The van der Waals surface area contributed by atoms with Gasteiger partial charge in [-0.25, -0.2) is 8.78 Å². The molecule has 0 aromatic heterocycles. The molecule has 1 aliphatic heterocycles. The Kier molecular flexibility index (Phi) is 7.34. The molecule has 1 atom stereocenters. The Morgan fingerprint density at radius 3 is 2.76 bits per heavy atom. The van der Waals surface area contributed by atoms with Crippen molar-refractivity contribution in [3.8, 4) is 0 Å². The van der Waals surface area contributed by atoms with Gasteiger partial charge in [0.2, 0.25) is 5.91 Å². The van der Waals surface area contributed by atoms with E-state index in [1.54, 1.807) is 6.07 Å². The van der Waals surface area contributed by atoms with Gasteiger partial charge in [-0.05, 0) is 55.7 Å². The zero-order valence-electron chi connectivity index (χ0n) is 14.6. The molecule has 0 saturated carbocycles. The van der Waals surface area contributed by atoms with E-state index < -0.39 is 11.6 Å². The number of benzene rings is 1. The summed E-state index contributed by atoms with van der Waals surface area (Å²) < 4.78 is 30.8. The highest BCUT2D eigenvalue weighted by Gasteiger charge is 2.23. The minimum atomic E-state index is -0.829. The molecule has 4 nitrogen and oxygen atoms in total. The lowest BCUT2D eigenvalue weighted by Crippen LogP contribution is -2.40. The molecule has 6 heteroatoms. The van der Waals surface area contributed by atoms with Crippen LogP contribution in [0.5, 0.6) is 0 Å². The number of hydrogen-bond donors (Lipinski definition) is 0. The number of carbonyl (C=O) groups is 2. The molecule has 2 rings (SSSR count). The summed E-state index contributed by atoms with van der Waals surface area (Å²) in [5, 5.41) is 0.